The van der Waals surface area contributed by atoms with E-state index < -0.39 is 0 Å². The smallest absolute Gasteiger partial charge is 0.125 e. The second-order valence-corrected chi connectivity index (χ2v) is 4.97. The third-order valence-electron chi connectivity index (χ3n) is 3.40. The van der Waals surface area contributed by atoms with Gasteiger partial charge in [0.2, 0.25) is 0 Å². The second-order valence-electron chi connectivity index (χ2n) is 4.97. The van der Waals surface area contributed by atoms with Gasteiger partial charge in [0.15, 0.2) is 0 Å². The number of hydrogen-bond donors (Lipinski definition) is 1. The molecule has 0 bridgehead atoms. The number of nitrogens with zero attached hydrogens (tertiary/aromatic N) is 3. The highest BCUT2D eigenvalue weighted by atomic mass is 15.2. The highest BCUT2D eigenvalue weighted by Crippen LogP contribution is 2.26. The lowest BCUT2D eigenvalue weighted by Gasteiger charge is -2.24. The number of rotatable bonds is 6. The van der Waals surface area contributed by atoms with Gasteiger partial charge in [-0.2, -0.15) is 0 Å². The van der Waals surface area contributed by atoms with E-state index in [0.29, 0.717) is 6.04 Å². The van der Waals surface area contributed by atoms with Gasteiger partial charge in [-0.1, -0.05) is 0 Å². The van der Waals surface area contributed by atoms with Gasteiger partial charge in [0.05, 0.1) is 5.69 Å². The van der Waals surface area contributed by atoms with Crippen LogP contribution in [0.2, 0.25) is 0 Å². The van der Waals surface area contributed by atoms with Crippen molar-refractivity contribution in [2.75, 3.05) is 13.6 Å². The average molecular weight is 234 g/mol. The van der Waals surface area contributed by atoms with Crippen molar-refractivity contribution < 1.29 is 0 Å². The first-order valence-electron chi connectivity index (χ1n) is 6.38. The zero-order chi connectivity index (χ0) is 12.3. The summed E-state index contributed by atoms with van der Waals surface area (Å²) in [6, 6.07) is 3.38. The number of likely N-dealkylation sites (N-methyl/N-ethyl adjacent to an activating group) is 1. The predicted molar refractivity (Wildman–Crippen MR) is 68.7 cm³/mol. The van der Waals surface area contributed by atoms with Crippen molar-refractivity contribution in [2.45, 2.75) is 45.3 Å². The molecule has 0 aromatic carbocycles. The van der Waals surface area contributed by atoms with Crippen molar-refractivity contribution in [3.05, 3.63) is 23.8 Å². The summed E-state index contributed by atoms with van der Waals surface area (Å²) in [5.41, 5.74) is 1.07. The van der Waals surface area contributed by atoms with Crippen molar-refractivity contribution in [3.8, 4) is 0 Å². The summed E-state index contributed by atoms with van der Waals surface area (Å²) in [6.07, 6.45) is 4.55. The summed E-state index contributed by atoms with van der Waals surface area (Å²) in [4.78, 5) is 10.9. The molecule has 2 rings (SSSR count). The third kappa shape index (κ3) is 3.75. The molecular weight excluding hydrogens is 212 g/mol. The second kappa shape index (κ2) is 5.56. The van der Waals surface area contributed by atoms with Gasteiger partial charge in [0.1, 0.15) is 5.82 Å². The van der Waals surface area contributed by atoms with Crippen LogP contribution in [0, 0.1) is 6.92 Å². The Bertz CT molecular complexity index is 362. The van der Waals surface area contributed by atoms with Gasteiger partial charge in [-0.05, 0) is 39.8 Å². The Morgan fingerprint density at radius 1 is 1.53 bits per heavy atom. The molecule has 1 saturated carbocycles. The van der Waals surface area contributed by atoms with Crippen LogP contribution in [-0.4, -0.2) is 40.5 Å². The molecule has 1 aromatic heterocycles. The van der Waals surface area contributed by atoms with Gasteiger partial charge in [0, 0.05) is 31.4 Å². The molecule has 0 spiro atoms. The minimum absolute atomic E-state index is 0.588. The molecule has 0 saturated heterocycles. The van der Waals surface area contributed by atoms with Crippen molar-refractivity contribution >= 4 is 0 Å². The maximum atomic E-state index is 4.38. The minimum atomic E-state index is 0.588. The standard InChI is InChI=1S/C13H22N4/c1-10(17(3)13-4-5-13)8-14-9-12-6-7-15-11(2)16-12/h6-7,10,13-14H,4-5,8-9H2,1-3H3. The van der Waals surface area contributed by atoms with Crippen LogP contribution in [0.15, 0.2) is 12.3 Å². The van der Waals surface area contributed by atoms with Crippen LogP contribution >= 0.6 is 0 Å². The van der Waals surface area contributed by atoms with Gasteiger partial charge < -0.3 is 5.32 Å². The Morgan fingerprint density at radius 3 is 2.94 bits per heavy atom. The van der Waals surface area contributed by atoms with Crippen LogP contribution in [0.3, 0.4) is 0 Å². The number of hydrogen-bond acceptors (Lipinski definition) is 4. The highest BCUT2D eigenvalue weighted by molar-refractivity contribution is 5.01. The Morgan fingerprint density at radius 2 is 2.29 bits per heavy atom. The maximum absolute atomic E-state index is 4.38. The van der Waals surface area contributed by atoms with Crippen molar-refractivity contribution in [3.63, 3.8) is 0 Å². The fourth-order valence-corrected chi connectivity index (χ4v) is 2.00. The van der Waals surface area contributed by atoms with E-state index in [1.807, 2.05) is 19.2 Å². The topological polar surface area (TPSA) is 41.1 Å². The summed E-state index contributed by atoms with van der Waals surface area (Å²) in [5, 5.41) is 3.46. The first-order chi connectivity index (χ1) is 8.16. The molecule has 1 heterocycles. The third-order valence-corrected chi connectivity index (χ3v) is 3.40. The lowest BCUT2D eigenvalue weighted by Crippen LogP contribution is -2.39. The summed E-state index contributed by atoms with van der Waals surface area (Å²) in [7, 11) is 2.22. The largest absolute Gasteiger partial charge is 0.310 e. The molecule has 1 fully saturated rings. The lowest BCUT2D eigenvalue weighted by molar-refractivity contribution is 0.241. The molecule has 1 unspecified atom stereocenters. The average Bonchev–Trinajstić information content (AvgIpc) is 3.12. The fraction of sp³-hybridized carbons (Fsp3) is 0.692. The molecule has 0 radical (unpaired) electrons. The zero-order valence-corrected chi connectivity index (χ0v) is 11.0. The molecule has 4 heteroatoms. The number of aromatic nitrogens is 2. The Balaban J connectivity index is 1.71. The molecule has 1 N–H and O–H groups in total. The van der Waals surface area contributed by atoms with Crippen molar-refractivity contribution in [2.24, 2.45) is 0 Å². The van der Waals surface area contributed by atoms with Crippen LogP contribution in [0.25, 0.3) is 0 Å². The summed E-state index contributed by atoms with van der Waals surface area (Å²) >= 11 is 0. The Hall–Kier alpha value is -1.00. The first-order valence-corrected chi connectivity index (χ1v) is 6.38. The molecule has 17 heavy (non-hydrogen) atoms. The van der Waals surface area contributed by atoms with Gasteiger partial charge in [-0.25, -0.2) is 9.97 Å². The monoisotopic (exact) mass is 234 g/mol. The number of nitrogens with one attached hydrogen (secondary N) is 1. The Kier molecular flexibility index (Phi) is 4.07. The lowest BCUT2D eigenvalue weighted by atomic mass is 10.3. The van der Waals surface area contributed by atoms with Gasteiger partial charge in [-0.3, -0.25) is 4.90 Å². The fourth-order valence-electron chi connectivity index (χ4n) is 2.00. The predicted octanol–water partition coefficient (Wildman–Crippen LogP) is 1.36. The first kappa shape index (κ1) is 12.5. The van der Waals surface area contributed by atoms with Crippen molar-refractivity contribution in [1.82, 2.24) is 20.2 Å². The summed E-state index contributed by atoms with van der Waals surface area (Å²) < 4.78 is 0. The van der Waals surface area contributed by atoms with Gasteiger partial charge in [0.25, 0.3) is 0 Å². The van der Waals surface area contributed by atoms with E-state index in [1.165, 1.54) is 12.8 Å². The molecule has 1 aliphatic rings. The van der Waals surface area contributed by atoms with Crippen LogP contribution in [0.4, 0.5) is 0 Å². The number of aryl methyl sites for hydroxylation is 1. The zero-order valence-electron chi connectivity index (χ0n) is 11.0. The van der Waals surface area contributed by atoms with Crippen LogP contribution in [0.1, 0.15) is 31.3 Å². The van der Waals surface area contributed by atoms with E-state index >= 15 is 0 Å². The molecule has 0 amide bonds. The van der Waals surface area contributed by atoms with E-state index in [1.54, 1.807) is 0 Å². The minimum Gasteiger partial charge on any atom is -0.310 e. The molecule has 4 nitrogen and oxygen atoms in total. The van der Waals surface area contributed by atoms with Gasteiger partial charge >= 0.3 is 0 Å². The van der Waals surface area contributed by atoms with E-state index in [9.17, 15) is 0 Å². The highest BCUT2D eigenvalue weighted by Gasteiger charge is 2.28. The molecular formula is C13H22N4. The quantitative estimate of drug-likeness (QED) is 0.807. The maximum Gasteiger partial charge on any atom is 0.125 e. The summed E-state index contributed by atoms with van der Waals surface area (Å²) in [5.74, 6) is 0.840. The van der Waals surface area contributed by atoms with E-state index in [-0.39, 0.29) is 0 Å². The molecule has 1 aromatic rings. The Labute approximate surface area is 103 Å². The summed E-state index contributed by atoms with van der Waals surface area (Å²) in [6.45, 7) is 6.03. The van der Waals surface area contributed by atoms with E-state index in [0.717, 1.165) is 30.6 Å². The van der Waals surface area contributed by atoms with Crippen LogP contribution in [0.5, 0.6) is 0 Å². The van der Waals surface area contributed by atoms with E-state index in [2.05, 4.69) is 34.2 Å². The van der Waals surface area contributed by atoms with Crippen LogP contribution < -0.4 is 5.32 Å². The van der Waals surface area contributed by atoms with Gasteiger partial charge in [-0.15, -0.1) is 0 Å². The van der Waals surface area contributed by atoms with Crippen molar-refractivity contribution in [1.29, 1.82) is 0 Å². The normalized spacial score (nSPS) is 17.4. The molecule has 1 aliphatic carbocycles. The molecule has 0 aliphatic heterocycles. The molecule has 94 valence electrons. The van der Waals surface area contributed by atoms with E-state index in [4.69, 9.17) is 0 Å². The molecule has 1 atom stereocenters. The SMILES string of the molecule is Cc1nccc(CNCC(C)N(C)C2CC2)n1. The van der Waals surface area contributed by atoms with Crippen LogP contribution in [-0.2, 0) is 6.54 Å².